The number of sulfonamides is 1. The molecule has 0 spiro atoms. The monoisotopic (exact) mass is 430 g/mol. The summed E-state index contributed by atoms with van der Waals surface area (Å²) < 4.78 is 80.7. The number of rotatable bonds is 4. The van der Waals surface area contributed by atoms with Gasteiger partial charge in [-0.25, -0.2) is 26.0 Å². The smallest absolute Gasteiger partial charge is 0.258 e. The van der Waals surface area contributed by atoms with E-state index in [-0.39, 0.29) is 16.6 Å². The first kappa shape index (κ1) is 21.3. The Balaban J connectivity index is 1.92. The molecule has 156 valence electrons. The third-order valence-corrected chi connectivity index (χ3v) is 6.65. The van der Waals surface area contributed by atoms with Crippen molar-refractivity contribution >= 4 is 21.6 Å². The van der Waals surface area contributed by atoms with Crippen LogP contribution in [0.2, 0.25) is 0 Å². The van der Waals surface area contributed by atoms with Crippen molar-refractivity contribution in [2.45, 2.75) is 31.1 Å². The molecule has 1 aliphatic rings. The molecule has 1 aliphatic heterocycles. The van der Waals surface area contributed by atoms with Crippen LogP contribution >= 0.6 is 0 Å². The molecule has 10 heteroatoms. The Hall–Kier alpha value is -2.46. The Bertz CT molecular complexity index is 1070. The van der Waals surface area contributed by atoms with Crippen LogP contribution in [-0.2, 0) is 10.0 Å². The second-order valence-electron chi connectivity index (χ2n) is 6.74. The van der Waals surface area contributed by atoms with Crippen LogP contribution in [0.5, 0.6) is 0 Å². The van der Waals surface area contributed by atoms with E-state index in [9.17, 15) is 30.8 Å². The van der Waals surface area contributed by atoms with Crippen molar-refractivity contribution in [3.8, 4) is 0 Å². The van der Waals surface area contributed by atoms with Gasteiger partial charge in [0.05, 0.1) is 10.5 Å². The predicted octanol–water partition coefficient (Wildman–Crippen LogP) is 3.98. The summed E-state index contributed by atoms with van der Waals surface area (Å²) >= 11 is 0. The van der Waals surface area contributed by atoms with Crippen molar-refractivity contribution in [1.82, 2.24) is 4.31 Å². The van der Waals surface area contributed by atoms with Crippen LogP contribution in [0, 0.1) is 30.2 Å². The SMILES string of the molecule is Cc1ccc(S(=O)(=O)N2CCCCC2)cc1NC(=O)c1cc(F)c(F)c(F)c1F. The minimum absolute atomic E-state index is 0.0256. The third kappa shape index (κ3) is 4.13. The second kappa shape index (κ2) is 8.11. The van der Waals surface area contributed by atoms with E-state index in [0.29, 0.717) is 18.7 Å². The lowest BCUT2D eigenvalue weighted by molar-refractivity contribution is 0.102. The van der Waals surface area contributed by atoms with Crippen LogP contribution in [-0.4, -0.2) is 31.7 Å². The van der Waals surface area contributed by atoms with E-state index < -0.39 is 44.8 Å². The zero-order valence-corrected chi connectivity index (χ0v) is 16.3. The molecule has 1 heterocycles. The van der Waals surface area contributed by atoms with Gasteiger partial charge in [0.15, 0.2) is 23.3 Å². The molecule has 0 aliphatic carbocycles. The van der Waals surface area contributed by atoms with E-state index in [2.05, 4.69) is 5.32 Å². The van der Waals surface area contributed by atoms with E-state index in [1.165, 1.54) is 22.5 Å². The van der Waals surface area contributed by atoms with E-state index in [1.807, 2.05) is 0 Å². The number of piperidine rings is 1. The fraction of sp³-hybridized carbons (Fsp3) is 0.316. The average molecular weight is 430 g/mol. The summed E-state index contributed by atoms with van der Waals surface area (Å²) in [6.45, 7) is 2.34. The van der Waals surface area contributed by atoms with E-state index in [1.54, 1.807) is 6.92 Å². The summed E-state index contributed by atoms with van der Waals surface area (Å²) in [6.07, 6.45) is 2.43. The zero-order chi connectivity index (χ0) is 21.3. The van der Waals surface area contributed by atoms with Gasteiger partial charge < -0.3 is 5.32 Å². The van der Waals surface area contributed by atoms with Gasteiger partial charge in [0.1, 0.15) is 0 Å². The summed E-state index contributed by atoms with van der Waals surface area (Å²) in [4.78, 5) is 12.2. The molecule has 0 atom stereocenters. The minimum atomic E-state index is -3.79. The van der Waals surface area contributed by atoms with Gasteiger partial charge in [-0.1, -0.05) is 12.5 Å². The summed E-state index contributed by atoms with van der Waals surface area (Å²) in [5.41, 5.74) is -0.567. The second-order valence-corrected chi connectivity index (χ2v) is 8.68. The van der Waals surface area contributed by atoms with Gasteiger partial charge in [0.25, 0.3) is 5.91 Å². The van der Waals surface area contributed by atoms with Crippen LogP contribution < -0.4 is 5.32 Å². The maximum absolute atomic E-state index is 13.9. The van der Waals surface area contributed by atoms with Crippen molar-refractivity contribution in [2.24, 2.45) is 0 Å². The molecule has 1 N–H and O–H groups in total. The Morgan fingerprint density at radius 1 is 0.966 bits per heavy atom. The number of hydrogen-bond acceptors (Lipinski definition) is 3. The molecule has 2 aromatic carbocycles. The van der Waals surface area contributed by atoms with E-state index >= 15 is 0 Å². The molecule has 0 aromatic heterocycles. The number of nitrogens with zero attached hydrogens (tertiary/aromatic N) is 1. The van der Waals surface area contributed by atoms with E-state index in [0.717, 1.165) is 19.3 Å². The zero-order valence-electron chi connectivity index (χ0n) is 15.4. The van der Waals surface area contributed by atoms with Gasteiger partial charge in [-0.2, -0.15) is 4.31 Å². The first-order chi connectivity index (χ1) is 13.6. The Kier molecular flexibility index (Phi) is 5.95. The molecule has 1 fully saturated rings. The highest BCUT2D eigenvalue weighted by atomic mass is 32.2. The topological polar surface area (TPSA) is 66.5 Å². The van der Waals surface area contributed by atoms with Crippen LogP contribution in [0.3, 0.4) is 0 Å². The predicted molar refractivity (Wildman–Crippen MR) is 98.0 cm³/mol. The van der Waals surface area contributed by atoms with Gasteiger partial charge in [-0.05, 0) is 43.5 Å². The number of halogens is 4. The standard InChI is InChI=1S/C19H18F4N2O3S/c1-11-5-6-12(29(27,28)25-7-3-2-4-8-25)9-15(11)24-19(26)13-10-14(20)17(22)18(23)16(13)21/h5-6,9-10H,2-4,7-8H2,1H3,(H,24,26). The molecule has 0 unspecified atom stereocenters. The molecule has 0 saturated carbocycles. The molecule has 3 rings (SSSR count). The van der Waals surface area contributed by atoms with Crippen LogP contribution in [0.1, 0.15) is 35.2 Å². The maximum atomic E-state index is 13.9. The van der Waals surface area contributed by atoms with Crippen molar-refractivity contribution in [1.29, 1.82) is 0 Å². The number of hydrogen-bond donors (Lipinski definition) is 1. The van der Waals surface area contributed by atoms with Crippen molar-refractivity contribution in [3.63, 3.8) is 0 Å². The third-order valence-electron chi connectivity index (χ3n) is 4.76. The number of carbonyl (C=O) groups excluding carboxylic acids is 1. The molecule has 0 bridgehead atoms. The summed E-state index contributed by atoms with van der Waals surface area (Å²) in [5.74, 6) is -8.92. The quantitative estimate of drug-likeness (QED) is 0.453. The highest BCUT2D eigenvalue weighted by molar-refractivity contribution is 7.89. The number of carbonyl (C=O) groups is 1. The fourth-order valence-corrected chi connectivity index (χ4v) is 4.62. The van der Waals surface area contributed by atoms with Gasteiger partial charge >= 0.3 is 0 Å². The Morgan fingerprint density at radius 2 is 1.62 bits per heavy atom. The highest BCUT2D eigenvalue weighted by Gasteiger charge is 2.27. The van der Waals surface area contributed by atoms with Crippen molar-refractivity contribution in [2.75, 3.05) is 18.4 Å². The maximum Gasteiger partial charge on any atom is 0.258 e. The minimum Gasteiger partial charge on any atom is -0.322 e. The van der Waals surface area contributed by atoms with Crippen LogP contribution in [0.15, 0.2) is 29.2 Å². The molecule has 1 amide bonds. The van der Waals surface area contributed by atoms with Crippen LogP contribution in [0.4, 0.5) is 23.2 Å². The van der Waals surface area contributed by atoms with E-state index in [4.69, 9.17) is 0 Å². The Morgan fingerprint density at radius 3 is 2.28 bits per heavy atom. The largest absolute Gasteiger partial charge is 0.322 e. The van der Waals surface area contributed by atoms with Gasteiger partial charge in [-0.3, -0.25) is 4.79 Å². The number of amides is 1. The van der Waals surface area contributed by atoms with Crippen LogP contribution in [0.25, 0.3) is 0 Å². The summed E-state index contributed by atoms with van der Waals surface area (Å²) in [5, 5.41) is 2.24. The fourth-order valence-electron chi connectivity index (χ4n) is 3.08. The summed E-state index contributed by atoms with van der Waals surface area (Å²) in [6, 6.07) is 4.28. The highest BCUT2D eigenvalue weighted by Crippen LogP contribution is 2.26. The normalized spacial score (nSPS) is 15.3. The number of aryl methyl sites for hydroxylation is 1. The lowest BCUT2D eigenvalue weighted by Crippen LogP contribution is -2.35. The first-order valence-electron chi connectivity index (χ1n) is 8.88. The van der Waals surface area contributed by atoms with Gasteiger partial charge in [0.2, 0.25) is 10.0 Å². The molecule has 0 radical (unpaired) electrons. The van der Waals surface area contributed by atoms with Crippen molar-refractivity contribution in [3.05, 3.63) is 58.7 Å². The van der Waals surface area contributed by atoms with Gasteiger partial charge in [-0.15, -0.1) is 0 Å². The molecule has 5 nitrogen and oxygen atoms in total. The molecular weight excluding hydrogens is 412 g/mol. The molecular formula is C19H18F4N2O3S. The lowest BCUT2D eigenvalue weighted by atomic mass is 10.1. The molecule has 2 aromatic rings. The van der Waals surface area contributed by atoms with Crippen molar-refractivity contribution < 1.29 is 30.8 Å². The number of anilines is 1. The average Bonchev–Trinajstić information content (AvgIpc) is 2.71. The first-order valence-corrected chi connectivity index (χ1v) is 10.3. The van der Waals surface area contributed by atoms with Gasteiger partial charge in [0, 0.05) is 18.8 Å². The number of nitrogens with one attached hydrogen (secondary N) is 1. The molecule has 1 saturated heterocycles. The molecule has 29 heavy (non-hydrogen) atoms. The summed E-state index contributed by atoms with van der Waals surface area (Å²) in [7, 11) is -3.79. The number of benzene rings is 2. The Labute approximate surface area is 165 Å². The lowest BCUT2D eigenvalue weighted by Gasteiger charge is -2.26.